The van der Waals surface area contributed by atoms with E-state index in [4.69, 9.17) is 16.3 Å². The third kappa shape index (κ3) is 3.46. The predicted octanol–water partition coefficient (Wildman–Crippen LogP) is 6.07. The summed E-state index contributed by atoms with van der Waals surface area (Å²) in [5.74, 6) is -2.00. The maximum Gasteiger partial charge on any atom is 0.201 e. The van der Waals surface area contributed by atoms with Gasteiger partial charge in [-0.05, 0) is 29.8 Å². The molecule has 0 aliphatic carbocycles. The number of hydrogen-bond acceptors (Lipinski definition) is 1. The van der Waals surface area contributed by atoms with Gasteiger partial charge in [-0.15, -0.1) is 0 Å². The van der Waals surface area contributed by atoms with E-state index >= 15 is 0 Å². The fraction of sp³-hybridized carbons (Fsp3) is 0.0769. The summed E-state index contributed by atoms with van der Waals surface area (Å²) in [7, 11) is 0. The van der Waals surface area contributed by atoms with Crippen molar-refractivity contribution in [3.05, 3.63) is 57.0 Å². The van der Waals surface area contributed by atoms with Crippen molar-refractivity contribution in [2.45, 2.75) is 5.33 Å². The molecule has 0 radical (unpaired) electrons. The smallest absolute Gasteiger partial charge is 0.201 e. The van der Waals surface area contributed by atoms with E-state index in [0.29, 0.717) is 14.8 Å². The first kappa shape index (κ1) is 14.8. The minimum Gasteiger partial charge on any atom is -0.453 e. The Bertz CT molecular complexity index is 620. The summed E-state index contributed by atoms with van der Waals surface area (Å²) < 4.78 is 32.5. The molecule has 2 aromatic rings. The average Bonchev–Trinajstić information content (AvgIpc) is 2.37. The molecule has 0 heterocycles. The van der Waals surface area contributed by atoms with E-state index < -0.39 is 11.6 Å². The second-order valence-electron chi connectivity index (χ2n) is 3.70. The number of alkyl halides is 1. The molecular formula is C13H7Br2ClF2O. The Hall–Kier alpha value is -0.650. The fourth-order valence-corrected chi connectivity index (χ4v) is 2.43. The van der Waals surface area contributed by atoms with Crippen molar-refractivity contribution in [2.24, 2.45) is 0 Å². The van der Waals surface area contributed by atoms with Crippen LogP contribution in [0.15, 0.2) is 34.8 Å². The highest BCUT2D eigenvalue weighted by Crippen LogP contribution is 2.34. The maximum absolute atomic E-state index is 13.6. The van der Waals surface area contributed by atoms with Crippen LogP contribution in [0.5, 0.6) is 11.5 Å². The summed E-state index contributed by atoms with van der Waals surface area (Å²) in [5.41, 5.74) is 0.957. The van der Waals surface area contributed by atoms with Crippen LogP contribution in [0.1, 0.15) is 5.56 Å². The molecule has 0 fully saturated rings. The predicted molar refractivity (Wildman–Crippen MR) is 78.2 cm³/mol. The van der Waals surface area contributed by atoms with E-state index in [2.05, 4.69) is 31.9 Å². The van der Waals surface area contributed by atoms with Gasteiger partial charge in [-0.2, -0.15) is 4.39 Å². The van der Waals surface area contributed by atoms with Gasteiger partial charge in [0, 0.05) is 9.80 Å². The normalized spacial score (nSPS) is 10.6. The van der Waals surface area contributed by atoms with Crippen LogP contribution >= 0.6 is 43.5 Å². The van der Waals surface area contributed by atoms with Crippen LogP contribution in [-0.4, -0.2) is 0 Å². The zero-order valence-corrected chi connectivity index (χ0v) is 13.3. The number of benzene rings is 2. The summed E-state index contributed by atoms with van der Waals surface area (Å²) in [5, 5.41) is 0.976. The molecule has 0 bridgehead atoms. The highest BCUT2D eigenvalue weighted by molar-refractivity contribution is 9.10. The summed E-state index contributed by atoms with van der Waals surface area (Å²) >= 11 is 12.4. The molecule has 0 aliphatic heterocycles. The van der Waals surface area contributed by atoms with E-state index in [9.17, 15) is 8.78 Å². The van der Waals surface area contributed by atoms with Crippen molar-refractivity contribution >= 4 is 43.5 Å². The number of ether oxygens (including phenoxy) is 1. The Morgan fingerprint density at radius 2 is 1.84 bits per heavy atom. The molecule has 0 saturated carbocycles. The SMILES string of the molecule is Fc1cc(Br)cc(Oc2ccc(CBr)cc2Cl)c1F. The Labute approximate surface area is 130 Å². The molecule has 0 aliphatic rings. The van der Waals surface area contributed by atoms with Crippen LogP contribution in [-0.2, 0) is 5.33 Å². The van der Waals surface area contributed by atoms with Crippen LogP contribution in [0, 0.1) is 11.6 Å². The van der Waals surface area contributed by atoms with Gasteiger partial charge in [0.15, 0.2) is 11.6 Å². The number of halogens is 5. The van der Waals surface area contributed by atoms with Crippen LogP contribution in [0.2, 0.25) is 5.02 Å². The Morgan fingerprint density at radius 3 is 2.47 bits per heavy atom. The van der Waals surface area contributed by atoms with Gasteiger partial charge in [-0.1, -0.05) is 49.5 Å². The highest BCUT2D eigenvalue weighted by Gasteiger charge is 2.13. The van der Waals surface area contributed by atoms with Crippen LogP contribution in [0.3, 0.4) is 0 Å². The number of hydrogen-bond donors (Lipinski definition) is 0. The van der Waals surface area contributed by atoms with Gasteiger partial charge < -0.3 is 4.74 Å². The van der Waals surface area contributed by atoms with E-state index in [1.807, 2.05) is 0 Å². The monoisotopic (exact) mass is 410 g/mol. The van der Waals surface area contributed by atoms with Crippen LogP contribution in [0.25, 0.3) is 0 Å². The maximum atomic E-state index is 13.6. The molecule has 19 heavy (non-hydrogen) atoms. The van der Waals surface area contributed by atoms with Crippen molar-refractivity contribution in [3.8, 4) is 11.5 Å². The second-order valence-corrected chi connectivity index (χ2v) is 5.58. The Kier molecular flexibility index (Phi) is 4.81. The zero-order valence-electron chi connectivity index (χ0n) is 9.39. The van der Waals surface area contributed by atoms with Gasteiger partial charge in [0.25, 0.3) is 0 Å². The lowest BCUT2D eigenvalue weighted by molar-refractivity contribution is 0.415. The quantitative estimate of drug-likeness (QED) is 0.439. The van der Waals surface area contributed by atoms with Crippen molar-refractivity contribution in [3.63, 3.8) is 0 Å². The molecule has 2 rings (SSSR count). The summed E-state index contributed by atoms with van der Waals surface area (Å²) in [6.45, 7) is 0. The van der Waals surface area contributed by atoms with Crippen LogP contribution in [0.4, 0.5) is 8.78 Å². The molecule has 0 saturated heterocycles. The molecule has 100 valence electrons. The van der Waals surface area contributed by atoms with Crippen molar-refractivity contribution in [1.29, 1.82) is 0 Å². The topological polar surface area (TPSA) is 9.23 Å². The summed E-state index contributed by atoms with van der Waals surface area (Å²) in [6, 6.07) is 7.45. The molecule has 2 aromatic carbocycles. The third-order valence-corrected chi connectivity index (χ3v) is 3.73. The van der Waals surface area contributed by atoms with Gasteiger partial charge in [-0.3, -0.25) is 0 Å². The summed E-state index contributed by atoms with van der Waals surface area (Å²) in [4.78, 5) is 0. The van der Waals surface area contributed by atoms with Gasteiger partial charge >= 0.3 is 0 Å². The van der Waals surface area contributed by atoms with Crippen molar-refractivity contribution in [1.82, 2.24) is 0 Å². The average molecular weight is 412 g/mol. The van der Waals surface area contributed by atoms with Crippen molar-refractivity contribution in [2.75, 3.05) is 0 Å². The Balaban J connectivity index is 2.36. The molecule has 1 nitrogen and oxygen atoms in total. The molecule has 0 aromatic heterocycles. The van der Waals surface area contributed by atoms with Gasteiger partial charge in [-0.25, -0.2) is 4.39 Å². The van der Waals surface area contributed by atoms with Gasteiger partial charge in [0.1, 0.15) is 5.75 Å². The minimum absolute atomic E-state index is 0.222. The first-order chi connectivity index (χ1) is 9.01. The van der Waals surface area contributed by atoms with E-state index in [1.165, 1.54) is 6.07 Å². The summed E-state index contributed by atoms with van der Waals surface area (Å²) in [6.07, 6.45) is 0. The fourth-order valence-electron chi connectivity index (χ4n) is 1.44. The molecule has 0 amide bonds. The number of rotatable bonds is 3. The molecule has 0 atom stereocenters. The second kappa shape index (κ2) is 6.20. The van der Waals surface area contributed by atoms with Gasteiger partial charge in [0.05, 0.1) is 5.02 Å². The Morgan fingerprint density at radius 1 is 1.11 bits per heavy atom. The first-order valence-corrected chi connectivity index (χ1v) is 7.47. The minimum atomic E-state index is -1.05. The van der Waals surface area contributed by atoms with Gasteiger partial charge in [0.2, 0.25) is 5.82 Å². The molecule has 0 spiro atoms. The molecular weight excluding hydrogens is 405 g/mol. The van der Waals surface area contributed by atoms with E-state index in [-0.39, 0.29) is 11.5 Å². The van der Waals surface area contributed by atoms with E-state index in [0.717, 1.165) is 11.6 Å². The zero-order chi connectivity index (χ0) is 14.0. The largest absolute Gasteiger partial charge is 0.453 e. The first-order valence-electron chi connectivity index (χ1n) is 5.18. The lowest BCUT2D eigenvalue weighted by Crippen LogP contribution is -1.93. The lowest BCUT2D eigenvalue weighted by Gasteiger charge is -2.10. The molecule has 6 heteroatoms. The molecule has 0 N–H and O–H groups in total. The van der Waals surface area contributed by atoms with E-state index in [1.54, 1.807) is 18.2 Å². The highest BCUT2D eigenvalue weighted by atomic mass is 79.9. The third-order valence-electron chi connectivity index (χ3n) is 2.33. The molecule has 0 unspecified atom stereocenters. The standard InChI is InChI=1S/C13H7Br2ClF2O/c14-6-7-1-2-11(9(16)3-7)19-12-5-8(15)4-10(17)13(12)18/h1-5H,6H2. The van der Waals surface area contributed by atoms with Crippen LogP contribution < -0.4 is 4.74 Å². The lowest BCUT2D eigenvalue weighted by atomic mass is 10.2. The van der Waals surface area contributed by atoms with Crippen molar-refractivity contribution < 1.29 is 13.5 Å².